The Bertz CT molecular complexity index is 411. The Hall–Kier alpha value is -1.31. The number of benzene rings is 1. The van der Waals surface area contributed by atoms with Gasteiger partial charge in [0.1, 0.15) is 0 Å². The fourth-order valence-corrected chi connectivity index (χ4v) is 2.48. The molecule has 14 heavy (non-hydrogen) atoms. The van der Waals surface area contributed by atoms with Gasteiger partial charge >= 0.3 is 5.97 Å². The number of carbonyl (C=O) groups is 1. The lowest BCUT2D eigenvalue weighted by Crippen LogP contribution is -2.18. The Morgan fingerprint density at radius 1 is 1.50 bits per heavy atom. The third-order valence-corrected chi connectivity index (χ3v) is 3.42. The van der Waals surface area contributed by atoms with E-state index in [1.54, 1.807) is 0 Å². The summed E-state index contributed by atoms with van der Waals surface area (Å²) < 4.78 is 5.07. The van der Waals surface area contributed by atoms with Gasteiger partial charge in [-0.1, -0.05) is 29.8 Å². The summed E-state index contributed by atoms with van der Waals surface area (Å²) in [4.78, 5) is 11.6. The van der Waals surface area contributed by atoms with Crippen LogP contribution >= 0.6 is 0 Å². The topological polar surface area (TPSA) is 26.3 Å². The highest BCUT2D eigenvalue weighted by Gasteiger charge is 2.66. The quantitative estimate of drug-likeness (QED) is 0.628. The summed E-state index contributed by atoms with van der Waals surface area (Å²) in [7, 11) is 0. The average Bonchev–Trinajstić information content (AvgIpc) is 2.83. The first-order valence-electron chi connectivity index (χ1n) is 4.98. The van der Waals surface area contributed by atoms with Crippen molar-refractivity contribution in [1.29, 1.82) is 0 Å². The summed E-state index contributed by atoms with van der Waals surface area (Å²) >= 11 is 0. The first kappa shape index (κ1) is 8.04. The molecule has 2 atom stereocenters. The molecule has 1 saturated heterocycles. The van der Waals surface area contributed by atoms with Crippen molar-refractivity contribution in [2.24, 2.45) is 5.92 Å². The van der Waals surface area contributed by atoms with Crippen LogP contribution in [0.3, 0.4) is 0 Å². The number of carbonyl (C=O) groups excluding carboxylic acids is 1. The molecule has 0 aromatic heterocycles. The highest BCUT2D eigenvalue weighted by Crippen LogP contribution is 2.58. The molecule has 2 aliphatic rings. The Morgan fingerprint density at radius 3 is 2.93 bits per heavy atom. The first-order valence-corrected chi connectivity index (χ1v) is 4.98. The minimum absolute atomic E-state index is 0.0203. The molecule has 72 valence electrons. The SMILES string of the molecule is Cc1cccc([C@]23C[C@H]2COC3=O)c1. The zero-order chi connectivity index (χ0) is 9.76. The van der Waals surface area contributed by atoms with Crippen LogP contribution in [0.1, 0.15) is 17.5 Å². The van der Waals surface area contributed by atoms with E-state index >= 15 is 0 Å². The molecule has 1 aliphatic heterocycles. The molecule has 0 radical (unpaired) electrons. The van der Waals surface area contributed by atoms with Crippen LogP contribution in [0.25, 0.3) is 0 Å². The van der Waals surface area contributed by atoms with Gasteiger partial charge in [-0.15, -0.1) is 0 Å². The molecule has 0 spiro atoms. The maximum absolute atomic E-state index is 11.6. The lowest BCUT2D eigenvalue weighted by Gasteiger charge is -2.09. The first-order chi connectivity index (χ1) is 6.73. The molecule has 2 nitrogen and oxygen atoms in total. The summed E-state index contributed by atoms with van der Waals surface area (Å²) in [5.74, 6) is 0.421. The van der Waals surface area contributed by atoms with Gasteiger partial charge in [-0.25, -0.2) is 0 Å². The van der Waals surface area contributed by atoms with Crippen LogP contribution in [-0.4, -0.2) is 12.6 Å². The van der Waals surface area contributed by atoms with Crippen LogP contribution in [-0.2, 0) is 14.9 Å². The maximum Gasteiger partial charge on any atom is 0.317 e. The molecule has 0 unspecified atom stereocenters. The van der Waals surface area contributed by atoms with Crippen molar-refractivity contribution < 1.29 is 9.53 Å². The van der Waals surface area contributed by atoms with Crippen LogP contribution in [0.2, 0.25) is 0 Å². The lowest BCUT2D eigenvalue weighted by atomic mass is 9.93. The van der Waals surface area contributed by atoms with E-state index in [4.69, 9.17) is 4.74 Å². The molecule has 1 aliphatic carbocycles. The second-order valence-corrected chi connectivity index (χ2v) is 4.34. The van der Waals surface area contributed by atoms with Crippen LogP contribution < -0.4 is 0 Å². The summed E-state index contributed by atoms with van der Waals surface area (Å²) in [6.45, 7) is 2.67. The molecular formula is C12H12O2. The van der Waals surface area contributed by atoms with Crippen molar-refractivity contribution >= 4 is 5.97 Å². The molecule has 2 fully saturated rings. The van der Waals surface area contributed by atoms with E-state index in [0.29, 0.717) is 12.5 Å². The Morgan fingerprint density at radius 2 is 2.36 bits per heavy atom. The predicted octanol–water partition coefficient (Wildman–Crippen LogP) is 1.81. The zero-order valence-corrected chi connectivity index (χ0v) is 8.12. The van der Waals surface area contributed by atoms with Gasteiger partial charge in [-0.3, -0.25) is 4.79 Å². The Kier molecular flexibility index (Phi) is 1.37. The largest absolute Gasteiger partial charge is 0.465 e. The van der Waals surface area contributed by atoms with E-state index in [2.05, 4.69) is 19.1 Å². The van der Waals surface area contributed by atoms with E-state index < -0.39 is 0 Å². The van der Waals surface area contributed by atoms with Gasteiger partial charge in [0.25, 0.3) is 0 Å². The van der Waals surface area contributed by atoms with E-state index in [1.165, 1.54) is 5.56 Å². The van der Waals surface area contributed by atoms with E-state index in [0.717, 1.165) is 12.0 Å². The molecule has 1 saturated carbocycles. The summed E-state index contributed by atoms with van der Waals surface area (Å²) in [6.07, 6.45) is 0.981. The normalized spacial score (nSPS) is 33.8. The van der Waals surface area contributed by atoms with Gasteiger partial charge in [-0.05, 0) is 18.9 Å². The summed E-state index contributed by atoms with van der Waals surface area (Å²) in [5, 5.41) is 0. The van der Waals surface area contributed by atoms with Gasteiger partial charge < -0.3 is 4.74 Å². The van der Waals surface area contributed by atoms with Crippen molar-refractivity contribution in [3.05, 3.63) is 35.4 Å². The van der Waals surface area contributed by atoms with Gasteiger partial charge in [-0.2, -0.15) is 0 Å². The predicted molar refractivity (Wildman–Crippen MR) is 51.9 cm³/mol. The zero-order valence-electron chi connectivity index (χ0n) is 8.12. The molecule has 3 rings (SSSR count). The fraction of sp³-hybridized carbons (Fsp3) is 0.417. The van der Waals surface area contributed by atoms with Crippen molar-refractivity contribution in [2.75, 3.05) is 6.61 Å². The van der Waals surface area contributed by atoms with Gasteiger partial charge in [0.15, 0.2) is 0 Å². The number of esters is 1. The number of rotatable bonds is 1. The second-order valence-electron chi connectivity index (χ2n) is 4.34. The Balaban J connectivity index is 2.08. The minimum Gasteiger partial charge on any atom is -0.465 e. The van der Waals surface area contributed by atoms with Crippen LogP contribution in [0.15, 0.2) is 24.3 Å². The number of hydrogen-bond donors (Lipinski definition) is 0. The molecule has 2 heteroatoms. The maximum atomic E-state index is 11.6. The average molecular weight is 188 g/mol. The summed E-state index contributed by atoms with van der Waals surface area (Å²) in [5.41, 5.74) is 2.10. The van der Waals surface area contributed by atoms with Gasteiger partial charge in [0.05, 0.1) is 12.0 Å². The van der Waals surface area contributed by atoms with Crippen LogP contribution in [0, 0.1) is 12.8 Å². The van der Waals surface area contributed by atoms with Gasteiger partial charge in [0.2, 0.25) is 0 Å². The third kappa shape index (κ3) is 0.834. The lowest BCUT2D eigenvalue weighted by molar-refractivity contribution is -0.142. The van der Waals surface area contributed by atoms with E-state index in [9.17, 15) is 4.79 Å². The van der Waals surface area contributed by atoms with Crippen molar-refractivity contribution in [2.45, 2.75) is 18.8 Å². The second kappa shape index (κ2) is 2.38. The van der Waals surface area contributed by atoms with Crippen molar-refractivity contribution in [3.63, 3.8) is 0 Å². The highest BCUT2D eigenvalue weighted by molar-refractivity contribution is 5.89. The third-order valence-electron chi connectivity index (χ3n) is 3.42. The molecule has 0 amide bonds. The molecule has 0 bridgehead atoms. The monoisotopic (exact) mass is 188 g/mol. The molecule has 1 heterocycles. The molecular weight excluding hydrogens is 176 g/mol. The fourth-order valence-electron chi connectivity index (χ4n) is 2.48. The number of ether oxygens (including phenoxy) is 1. The summed E-state index contributed by atoms with van der Waals surface area (Å²) in [6, 6.07) is 8.21. The number of cyclic esters (lactones) is 1. The molecule has 0 N–H and O–H groups in total. The number of aryl methyl sites for hydroxylation is 1. The Labute approximate surface area is 82.9 Å². The van der Waals surface area contributed by atoms with Gasteiger partial charge in [0, 0.05) is 5.92 Å². The smallest absolute Gasteiger partial charge is 0.317 e. The van der Waals surface area contributed by atoms with Crippen molar-refractivity contribution in [3.8, 4) is 0 Å². The molecule has 1 aromatic carbocycles. The highest BCUT2D eigenvalue weighted by atomic mass is 16.5. The van der Waals surface area contributed by atoms with Crippen LogP contribution in [0.4, 0.5) is 0 Å². The van der Waals surface area contributed by atoms with E-state index in [-0.39, 0.29) is 11.4 Å². The molecule has 1 aromatic rings. The van der Waals surface area contributed by atoms with Crippen molar-refractivity contribution in [1.82, 2.24) is 0 Å². The van der Waals surface area contributed by atoms with E-state index in [1.807, 2.05) is 12.1 Å². The standard InChI is InChI=1S/C12H12O2/c1-8-3-2-4-9(5-8)12-6-10(12)7-14-11(12)13/h2-5,10H,6-7H2,1H3/t10-,12+/m0/s1. The number of fused-ring (bicyclic) bond motifs is 1. The number of hydrogen-bond acceptors (Lipinski definition) is 2. The minimum atomic E-state index is -0.258. The van der Waals surface area contributed by atoms with Crippen LogP contribution in [0.5, 0.6) is 0 Å².